The van der Waals surface area contributed by atoms with Gasteiger partial charge in [0.2, 0.25) is 0 Å². The quantitative estimate of drug-likeness (QED) is 0.899. The van der Waals surface area contributed by atoms with E-state index in [1.165, 1.54) is 5.56 Å². The number of aromatic nitrogens is 2. The van der Waals surface area contributed by atoms with E-state index in [-0.39, 0.29) is 6.42 Å². The fourth-order valence-electron chi connectivity index (χ4n) is 1.78. The van der Waals surface area contributed by atoms with Crippen molar-refractivity contribution in [2.24, 2.45) is 0 Å². The predicted molar refractivity (Wildman–Crippen MR) is 69.0 cm³/mol. The van der Waals surface area contributed by atoms with Crippen LogP contribution in [0, 0.1) is 0 Å². The van der Waals surface area contributed by atoms with E-state index in [0.717, 1.165) is 5.69 Å². The zero-order valence-electron chi connectivity index (χ0n) is 10.5. The Labute approximate surface area is 106 Å². The maximum absolute atomic E-state index is 10.6. The molecule has 0 aliphatic carbocycles. The molecule has 0 radical (unpaired) electrons. The second-order valence-corrected chi connectivity index (χ2v) is 4.61. The van der Waals surface area contributed by atoms with Crippen LogP contribution in [0.4, 0.5) is 0 Å². The number of hydrogen-bond donors (Lipinski definition) is 1. The standard InChI is InChI=1S/C14H16N2O2/c1-10(2)12-3-5-13(6-4-12)16-9-11(8-15-16)7-14(17)18/h3-6,8-10H,7H2,1-2H3,(H,17,18). The Hall–Kier alpha value is -2.10. The average Bonchev–Trinajstić information content (AvgIpc) is 2.76. The van der Waals surface area contributed by atoms with Crippen LogP contribution in [0.2, 0.25) is 0 Å². The maximum Gasteiger partial charge on any atom is 0.307 e. The Morgan fingerprint density at radius 3 is 2.56 bits per heavy atom. The van der Waals surface area contributed by atoms with Gasteiger partial charge in [-0.15, -0.1) is 0 Å². The molecule has 18 heavy (non-hydrogen) atoms. The summed E-state index contributed by atoms with van der Waals surface area (Å²) in [7, 11) is 0. The molecule has 0 spiro atoms. The summed E-state index contributed by atoms with van der Waals surface area (Å²) < 4.78 is 1.70. The van der Waals surface area contributed by atoms with Gasteiger partial charge in [0.05, 0.1) is 18.3 Å². The van der Waals surface area contributed by atoms with E-state index in [0.29, 0.717) is 11.5 Å². The fraction of sp³-hybridized carbons (Fsp3) is 0.286. The van der Waals surface area contributed by atoms with Crippen molar-refractivity contribution >= 4 is 5.97 Å². The van der Waals surface area contributed by atoms with Gasteiger partial charge in [0.25, 0.3) is 0 Å². The van der Waals surface area contributed by atoms with Gasteiger partial charge >= 0.3 is 5.97 Å². The van der Waals surface area contributed by atoms with Gasteiger partial charge in [0, 0.05) is 11.8 Å². The molecule has 0 atom stereocenters. The Bertz CT molecular complexity index is 541. The molecule has 94 valence electrons. The minimum atomic E-state index is -0.843. The van der Waals surface area contributed by atoms with Gasteiger partial charge in [-0.1, -0.05) is 26.0 Å². The lowest BCUT2D eigenvalue weighted by molar-refractivity contribution is -0.136. The lowest BCUT2D eigenvalue weighted by atomic mass is 10.0. The molecule has 4 nitrogen and oxygen atoms in total. The lowest BCUT2D eigenvalue weighted by Gasteiger charge is -2.06. The van der Waals surface area contributed by atoms with Gasteiger partial charge in [-0.25, -0.2) is 4.68 Å². The topological polar surface area (TPSA) is 55.1 Å². The Kier molecular flexibility index (Phi) is 3.46. The highest BCUT2D eigenvalue weighted by molar-refractivity contribution is 5.69. The molecule has 4 heteroatoms. The molecule has 0 saturated heterocycles. The van der Waals surface area contributed by atoms with E-state index in [1.54, 1.807) is 17.1 Å². The monoisotopic (exact) mass is 244 g/mol. The second kappa shape index (κ2) is 5.04. The molecular formula is C14H16N2O2. The van der Waals surface area contributed by atoms with Crippen LogP contribution in [0.1, 0.15) is 30.9 Å². The number of nitrogens with zero attached hydrogens (tertiary/aromatic N) is 2. The highest BCUT2D eigenvalue weighted by Crippen LogP contribution is 2.16. The Morgan fingerprint density at radius 1 is 1.33 bits per heavy atom. The van der Waals surface area contributed by atoms with E-state index in [2.05, 4.69) is 31.1 Å². The molecule has 0 unspecified atom stereocenters. The van der Waals surface area contributed by atoms with Gasteiger partial charge in [-0.05, 0) is 23.6 Å². The van der Waals surface area contributed by atoms with E-state index >= 15 is 0 Å². The van der Waals surface area contributed by atoms with Gasteiger partial charge in [0.1, 0.15) is 0 Å². The van der Waals surface area contributed by atoms with Crippen LogP contribution in [-0.2, 0) is 11.2 Å². The van der Waals surface area contributed by atoms with Crippen LogP contribution in [0.3, 0.4) is 0 Å². The van der Waals surface area contributed by atoms with Gasteiger partial charge in [-0.2, -0.15) is 5.10 Å². The van der Waals surface area contributed by atoms with E-state index in [4.69, 9.17) is 5.11 Å². The van der Waals surface area contributed by atoms with Crippen LogP contribution in [-0.4, -0.2) is 20.9 Å². The second-order valence-electron chi connectivity index (χ2n) is 4.61. The van der Waals surface area contributed by atoms with Crippen molar-refractivity contribution in [3.8, 4) is 5.69 Å². The molecule has 1 aromatic carbocycles. The molecule has 0 amide bonds. The van der Waals surface area contributed by atoms with Crippen LogP contribution in [0.5, 0.6) is 0 Å². The van der Waals surface area contributed by atoms with Gasteiger partial charge < -0.3 is 5.11 Å². The van der Waals surface area contributed by atoms with E-state index in [9.17, 15) is 4.79 Å². The third-order valence-electron chi connectivity index (χ3n) is 2.82. The first-order valence-electron chi connectivity index (χ1n) is 5.92. The number of carbonyl (C=O) groups is 1. The normalized spacial score (nSPS) is 10.8. The van der Waals surface area contributed by atoms with Crippen LogP contribution in [0.15, 0.2) is 36.7 Å². The number of rotatable bonds is 4. The largest absolute Gasteiger partial charge is 0.481 e. The Balaban J connectivity index is 2.20. The summed E-state index contributed by atoms with van der Waals surface area (Å²) in [5.41, 5.74) is 2.92. The lowest BCUT2D eigenvalue weighted by Crippen LogP contribution is -1.99. The molecule has 0 aliphatic rings. The third kappa shape index (κ3) is 2.77. The van der Waals surface area contributed by atoms with Crippen molar-refractivity contribution in [2.75, 3.05) is 0 Å². The third-order valence-corrected chi connectivity index (χ3v) is 2.82. The molecular weight excluding hydrogens is 228 g/mol. The number of carboxylic acid groups (broad SMARTS) is 1. The number of aliphatic carboxylic acids is 1. The van der Waals surface area contributed by atoms with Crippen molar-refractivity contribution in [3.05, 3.63) is 47.8 Å². The highest BCUT2D eigenvalue weighted by atomic mass is 16.4. The minimum Gasteiger partial charge on any atom is -0.481 e. The van der Waals surface area contributed by atoms with Gasteiger partial charge in [0.15, 0.2) is 0 Å². The van der Waals surface area contributed by atoms with Gasteiger partial charge in [-0.3, -0.25) is 4.79 Å². The zero-order chi connectivity index (χ0) is 13.1. The van der Waals surface area contributed by atoms with Crippen molar-refractivity contribution in [2.45, 2.75) is 26.2 Å². The molecule has 2 aromatic rings. The van der Waals surface area contributed by atoms with Crippen molar-refractivity contribution in [1.29, 1.82) is 0 Å². The van der Waals surface area contributed by atoms with Crippen molar-refractivity contribution < 1.29 is 9.90 Å². The predicted octanol–water partition coefficient (Wildman–Crippen LogP) is 2.62. The summed E-state index contributed by atoms with van der Waals surface area (Å²) >= 11 is 0. The number of hydrogen-bond acceptors (Lipinski definition) is 2. The zero-order valence-corrected chi connectivity index (χ0v) is 10.5. The van der Waals surface area contributed by atoms with E-state index < -0.39 is 5.97 Å². The highest BCUT2D eigenvalue weighted by Gasteiger charge is 2.05. The smallest absolute Gasteiger partial charge is 0.307 e. The number of carboxylic acids is 1. The summed E-state index contributed by atoms with van der Waals surface area (Å²) in [5, 5.41) is 12.9. The summed E-state index contributed by atoms with van der Waals surface area (Å²) in [4.78, 5) is 10.6. The molecule has 0 aliphatic heterocycles. The summed E-state index contributed by atoms with van der Waals surface area (Å²) in [6, 6.07) is 8.12. The maximum atomic E-state index is 10.6. The molecule has 2 rings (SSSR count). The van der Waals surface area contributed by atoms with Crippen LogP contribution < -0.4 is 0 Å². The molecule has 0 fully saturated rings. The summed E-state index contributed by atoms with van der Waals surface area (Å²) in [6.07, 6.45) is 3.34. The molecule has 0 bridgehead atoms. The first kappa shape index (κ1) is 12.4. The number of benzene rings is 1. The first-order valence-corrected chi connectivity index (χ1v) is 5.92. The fourth-order valence-corrected chi connectivity index (χ4v) is 1.78. The SMILES string of the molecule is CC(C)c1ccc(-n2cc(CC(=O)O)cn2)cc1. The molecule has 1 aromatic heterocycles. The van der Waals surface area contributed by atoms with Crippen molar-refractivity contribution in [3.63, 3.8) is 0 Å². The minimum absolute atomic E-state index is 0.00405. The average molecular weight is 244 g/mol. The summed E-state index contributed by atoms with van der Waals surface area (Å²) in [6.45, 7) is 4.29. The van der Waals surface area contributed by atoms with E-state index in [1.807, 2.05) is 12.1 Å². The van der Waals surface area contributed by atoms with Crippen LogP contribution in [0.25, 0.3) is 5.69 Å². The molecule has 1 heterocycles. The first-order chi connectivity index (χ1) is 8.56. The van der Waals surface area contributed by atoms with Crippen LogP contribution >= 0.6 is 0 Å². The summed E-state index contributed by atoms with van der Waals surface area (Å²) in [5.74, 6) is -0.344. The Morgan fingerprint density at radius 2 is 2.00 bits per heavy atom. The molecule has 1 N–H and O–H groups in total. The van der Waals surface area contributed by atoms with Crippen molar-refractivity contribution in [1.82, 2.24) is 9.78 Å². The molecule has 0 saturated carbocycles.